The molecule has 1 N–H and O–H groups in total. The van der Waals surface area contributed by atoms with Crippen LogP contribution in [0.15, 0.2) is 6.07 Å². The van der Waals surface area contributed by atoms with Gasteiger partial charge in [-0.3, -0.25) is 0 Å². The molecule has 0 amide bonds. The Morgan fingerprint density at radius 1 is 1.20 bits per heavy atom. The highest BCUT2D eigenvalue weighted by molar-refractivity contribution is 7.79. The quantitative estimate of drug-likeness (QED) is 0.696. The van der Waals surface area contributed by atoms with Gasteiger partial charge in [0.1, 0.15) is 5.75 Å². The molecule has 0 spiro atoms. The zero-order valence-corrected chi connectivity index (χ0v) is 11.1. The Labute approximate surface area is 97.9 Å². The van der Waals surface area contributed by atoms with Crippen molar-refractivity contribution in [3.63, 3.8) is 0 Å². The predicted octanol–water partition coefficient (Wildman–Crippen LogP) is 3.74. The molecule has 0 radical (unpaired) electrons. The molecule has 1 aromatic rings. The smallest absolute Gasteiger partial charge is 0.122 e. The first-order valence-electron chi connectivity index (χ1n) is 5.22. The molecule has 15 heavy (non-hydrogen) atoms. The first-order chi connectivity index (χ1) is 6.79. The first-order valence-corrected chi connectivity index (χ1v) is 5.85. The molecule has 2 heteroatoms. The van der Waals surface area contributed by atoms with Crippen LogP contribution < -0.4 is 0 Å². The fraction of sp³-hybridized carbons (Fsp3) is 0.538. The zero-order chi connectivity index (χ0) is 11.8. The first kappa shape index (κ1) is 12.4. The lowest BCUT2D eigenvalue weighted by Crippen LogP contribution is -2.13. The Bertz CT molecular complexity index is 375. The molecule has 0 aromatic heterocycles. The van der Waals surface area contributed by atoms with Gasteiger partial charge in [0.15, 0.2) is 0 Å². The molecular formula is C13H20OS. The summed E-state index contributed by atoms with van der Waals surface area (Å²) in [7, 11) is 0. The van der Waals surface area contributed by atoms with Crippen molar-refractivity contribution in [3.05, 3.63) is 28.3 Å². The number of thiol groups is 1. The Kier molecular flexibility index (Phi) is 3.39. The van der Waals surface area contributed by atoms with Crippen LogP contribution in [0.3, 0.4) is 0 Å². The minimum Gasteiger partial charge on any atom is -0.507 e. The van der Waals surface area contributed by atoms with E-state index in [1.165, 1.54) is 5.56 Å². The highest BCUT2D eigenvalue weighted by atomic mass is 32.1. The molecule has 84 valence electrons. The standard InChI is InChI=1S/C13H20OS/c1-8-9(2)12(14)11(13(3,4)5)6-10(8)7-15/h6,14-15H,7H2,1-5H3. The Balaban J connectivity index is 3.49. The summed E-state index contributed by atoms with van der Waals surface area (Å²) in [6.07, 6.45) is 0. The number of hydrogen-bond acceptors (Lipinski definition) is 2. The van der Waals surface area contributed by atoms with Gasteiger partial charge in [-0.2, -0.15) is 12.6 Å². The Morgan fingerprint density at radius 3 is 2.13 bits per heavy atom. The van der Waals surface area contributed by atoms with Crippen molar-refractivity contribution >= 4 is 12.6 Å². The molecule has 0 bridgehead atoms. The van der Waals surface area contributed by atoms with E-state index in [-0.39, 0.29) is 5.41 Å². The molecule has 0 unspecified atom stereocenters. The predicted molar refractivity (Wildman–Crippen MR) is 69.0 cm³/mol. The molecule has 0 saturated heterocycles. The maximum absolute atomic E-state index is 10.1. The average molecular weight is 224 g/mol. The van der Waals surface area contributed by atoms with Crippen molar-refractivity contribution in [1.82, 2.24) is 0 Å². The summed E-state index contributed by atoms with van der Waals surface area (Å²) in [6, 6.07) is 2.07. The van der Waals surface area contributed by atoms with Gasteiger partial charge in [-0.1, -0.05) is 26.8 Å². The second kappa shape index (κ2) is 4.09. The van der Waals surface area contributed by atoms with Crippen molar-refractivity contribution in [3.8, 4) is 5.75 Å². The maximum atomic E-state index is 10.1. The fourth-order valence-electron chi connectivity index (χ4n) is 1.71. The molecule has 0 heterocycles. The summed E-state index contributed by atoms with van der Waals surface area (Å²) in [4.78, 5) is 0. The van der Waals surface area contributed by atoms with Crippen LogP contribution in [0.1, 0.15) is 43.0 Å². The van der Waals surface area contributed by atoms with E-state index < -0.39 is 0 Å². The Hall–Kier alpha value is -0.630. The highest BCUT2D eigenvalue weighted by Gasteiger charge is 2.21. The van der Waals surface area contributed by atoms with Crippen LogP contribution in [0.2, 0.25) is 0 Å². The van der Waals surface area contributed by atoms with Crippen molar-refractivity contribution in [2.24, 2.45) is 0 Å². The maximum Gasteiger partial charge on any atom is 0.122 e. The topological polar surface area (TPSA) is 20.2 Å². The second-order valence-electron chi connectivity index (χ2n) is 5.09. The van der Waals surface area contributed by atoms with Crippen molar-refractivity contribution in [2.45, 2.75) is 45.8 Å². The third kappa shape index (κ3) is 2.31. The summed E-state index contributed by atoms with van der Waals surface area (Å²) in [5.74, 6) is 1.15. The van der Waals surface area contributed by atoms with Gasteiger partial charge in [0.2, 0.25) is 0 Å². The van der Waals surface area contributed by atoms with Gasteiger partial charge in [-0.05, 0) is 41.5 Å². The van der Waals surface area contributed by atoms with Gasteiger partial charge in [-0.15, -0.1) is 0 Å². The van der Waals surface area contributed by atoms with E-state index in [0.29, 0.717) is 5.75 Å². The minimum absolute atomic E-state index is 0.0275. The highest BCUT2D eigenvalue weighted by Crippen LogP contribution is 2.36. The molecule has 0 aliphatic heterocycles. The number of rotatable bonds is 1. The van der Waals surface area contributed by atoms with Crippen molar-refractivity contribution in [2.75, 3.05) is 0 Å². The second-order valence-corrected chi connectivity index (χ2v) is 5.41. The van der Waals surface area contributed by atoms with Gasteiger partial charge in [0.25, 0.3) is 0 Å². The Morgan fingerprint density at radius 2 is 1.73 bits per heavy atom. The largest absolute Gasteiger partial charge is 0.507 e. The van der Waals surface area contributed by atoms with Crippen molar-refractivity contribution < 1.29 is 5.11 Å². The summed E-state index contributed by atoms with van der Waals surface area (Å²) in [5.41, 5.74) is 4.32. The van der Waals surface area contributed by atoms with Gasteiger partial charge in [0, 0.05) is 5.75 Å². The van der Waals surface area contributed by atoms with E-state index in [9.17, 15) is 5.11 Å². The van der Waals surface area contributed by atoms with Gasteiger partial charge >= 0.3 is 0 Å². The van der Waals surface area contributed by atoms with Crippen molar-refractivity contribution in [1.29, 1.82) is 0 Å². The lowest BCUT2D eigenvalue weighted by molar-refractivity contribution is 0.442. The molecule has 1 rings (SSSR count). The minimum atomic E-state index is -0.0275. The zero-order valence-electron chi connectivity index (χ0n) is 10.2. The lowest BCUT2D eigenvalue weighted by atomic mass is 9.83. The van der Waals surface area contributed by atoms with E-state index >= 15 is 0 Å². The SMILES string of the molecule is Cc1c(CS)cc(C(C)(C)C)c(O)c1C. The van der Waals surface area contributed by atoms with Crippen LogP contribution in [-0.4, -0.2) is 5.11 Å². The van der Waals surface area contributed by atoms with Gasteiger partial charge in [0.05, 0.1) is 0 Å². The molecule has 0 fully saturated rings. The van der Waals surface area contributed by atoms with Crippen LogP contribution in [0.25, 0.3) is 0 Å². The fourth-order valence-corrected chi connectivity index (χ4v) is 2.04. The molecule has 0 aliphatic rings. The normalized spacial score (nSPS) is 11.9. The van der Waals surface area contributed by atoms with Crippen LogP contribution in [0, 0.1) is 13.8 Å². The number of phenols is 1. The number of phenolic OH excluding ortho intramolecular Hbond substituents is 1. The third-order valence-electron chi connectivity index (χ3n) is 2.95. The molecule has 0 aliphatic carbocycles. The van der Waals surface area contributed by atoms with E-state index in [1.807, 2.05) is 13.8 Å². The summed E-state index contributed by atoms with van der Waals surface area (Å²) >= 11 is 4.32. The molecule has 1 nitrogen and oxygen atoms in total. The van der Waals surface area contributed by atoms with E-state index in [2.05, 4.69) is 39.5 Å². The van der Waals surface area contributed by atoms with Crippen LogP contribution >= 0.6 is 12.6 Å². The number of aromatic hydroxyl groups is 1. The van der Waals surface area contributed by atoms with Crippen LogP contribution in [-0.2, 0) is 11.2 Å². The summed E-state index contributed by atoms with van der Waals surface area (Å²) in [5, 5.41) is 10.1. The monoisotopic (exact) mass is 224 g/mol. The molecular weight excluding hydrogens is 204 g/mol. The molecule has 1 aromatic carbocycles. The summed E-state index contributed by atoms with van der Waals surface area (Å²) in [6.45, 7) is 10.3. The average Bonchev–Trinajstić information content (AvgIpc) is 2.13. The van der Waals surface area contributed by atoms with E-state index in [0.717, 1.165) is 22.4 Å². The summed E-state index contributed by atoms with van der Waals surface area (Å²) < 4.78 is 0. The third-order valence-corrected chi connectivity index (χ3v) is 3.29. The molecule has 0 atom stereocenters. The van der Waals surface area contributed by atoms with E-state index in [1.54, 1.807) is 0 Å². The molecule has 0 saturated carbocycles. The number of hydrogen-bond donors (Lipinski definition) is 2. The lowest BCUT2D eigenvalue weighted by Gasteiger charge is -2.24. The number of benzene rings is 1. The van der Waals surface area contributed by atoms with Crippen LogP contribution in [0.4, 0.5) is 0 Å². The van der Waals surface area contributed by atoms with Crippen LogP contribution in [0.5, 0.6) is 5.75 Å². The van der Waals surface area contributed by atoms with Gasteiger partial charge in [-0.25, -0.2) is 0 Å². The van der Waals surface area contributed by atoms with Gasteiger partial charge < -0.3 is 5.11 Å². The van der Waals surface area contributed by atoms with E-state index in [4.69, 9.17) is 0 Å².